The first-order valence-electron chi connectivity index (χ1n) is 9.51. The molecule has 1 fully saturated rings. The molecule has 3 nitrogen and oxygen atoms in total. The summed E-state index contributed by atoms with van der Waals surface area (Å²) in [6.45, 7) is 6.67. The number of nitrogens with zero attached hydrogens (tertiary/aromatic N) is 1. The monoisotopic (exact) mass is 369 g/mol. The molecule has 2 heterocycles. The molecule has 2 aromatic rings. The smallest absolute Gasteiger partial charge is 0.337 e. The lowest BCUT2D eigenvalue weighted by Gasteiger charge is -2.29. The van der Waals surface area contributed by atoms with Crippen LogP contribution in [0.5, 0.6) is 0 Å². The lowest BCUT2D eigenvalue weighted by molar-refractivity contribution is 0.0696. The summed E-state index contributed by atoms with van der Waals surface area (Å²) in [6, 6.07) is 8.47. The molecule has 0 unspecified atom stereocenters. The maximum absolute atomic E-state index is 12.2. The number of carboxylic acid groups (broad SMARTS) is 1. The lowest BCUT2D eigenvalue weighted by atomic mass is 9.75. The zero-order chi connectivity index (χ0) is 18.5. The molecule has 26 heavy (non-hydrogen) atoms. The van der Waals surface area contributed by atoms with Crippen LogP contribution in [0.25, 0.3) is 10.4 Å². The maximum atomic E-state index is 12.2. The van der Waals surface area contributed by atoms with Crippen LogP contribution in [0.3, 0.4) is 0 Å². The van der Waals surface area contributed by atoms with Gasteiger partial charge in [0.05, 0.1) is 5.56 Å². The van der Waals surface area contributed by atoms with E-state index in [1.807, 2.05) is 6.07 Å². The Bertz CT molecular complexity index is 852. The van der Waals surface area contributed by atoms with Crippen LogP contribution < -0.4 is 0 Å². The van der Waals surface area contributed by atoms with Crippen LogP contribution >= 0.6 is 11.3 Å². The number of fused-ring (bicyclic) bond motifs is 1. The number of likely N-dealkylation sites (tertiary alicyclic amines) is 1. The molecule has 4 heteroatoms. The molecule has 4 rings (SSSR count). The van der Waals surface area contributed by atoms with Gasteiger partial charge in [0.2, 0.25) is 0 Å². The number of aryl methyl sites for hydroxylation is 1. The van der Waals surface area contributed by atoms with Crippen molar-refractivity contribution in [3.05, 3.63) is 45.8 Å². The van der Waals surface area contributed by atoms with Crippen molar-refractivity contribution in [2.75, 3.05) is 20.1 Å². The fourth-order valence-corrected chi connectivity index (χ4v) is 5.94. The number of benzene rings is 1. The summed E-state index contributed by atoms with van der Waals surface area (Å²) in [5.74, 6) is -0.276. The highest BCUT2D eigenvalue weighted by Crippen LogP contribution is 2.47. The van der Waals surface area contributed by atoms with E-state index in [2.05, 4.69) is 44.0 Å². The SMILES string of the molecule is CN1CC[C@H](c2ccccc2-c2sc3c(c2C(=O)O)CC(C)(C)CC3)C1. The average Bonchev–Trinajstić information content (AvgIpc) is 3.17. The van der Waals surface area contributed by atoms with Gasteiger partial charge in [-0.15, -0.1) is 11.3 Å². The van der Waals surface area contributed by atoms with Crippen LogP contribution in [0.2, 0.25) is 0 Å². The fourth-order valence-electron chi connectivity index (χ4n) is 4.58. The molecular formula is C22H27NO2S. The van der Waals surface area contributed by atoms with E-state index < -0.39 is 5.97 Å². The number of rotatable bonds is 3. The van der Waals surface area contributed by atoms with Gasteiger partial charge < -0.3 is 10.0 Å². The number of hydrogen-bond donors (Lipinski definition) is 1. The molecule has 0 amide bonds. The second-order valence-corrected chi connectivity index (χ2v) is 9.79. The third kappa shape index (κ3) is 3.10. The Labute approximate surface area is 159 Å². The van der Waals surface area contributed by atoms with Gasteiger partial charge in [-0.25, -0.2) is 4.79 Å². The van der Waals surface area contributed by atoms with E-state index in [9.17, 15) is 9.90 Å². The molecule has 1 saturated heterocycles. The van der Waals surface area contributed by atoms with Crippen molar-refractivity contribution in [1.29, 1.82) is 0 Å². The fraction of sp³-hybridized carbons (Fsp3) is 0.500. The molecule has 0 radical (unpaired) electrons. The first-order valence-corrected chi connectivity index (χ1v) is 10.3. The van der Waals surface area contributed by atoms with Crippen molar-refractivity contribution >= 4 is 17.3 Å². The van der Waals surface area contributed by atoms with E-state index in [4.69, 9.17) is 0 Å². The average molecular weight is 370 g/mol. The van der Waals surface area contributed by atoms with Gasteiger partial charge in [0, 0.05) is 16.3 Å². The molecule has 1 N–H and O–H groups in total. The highest BCUT2D eigenvalue weighted by Gasteiger charge is 2.34. The van der Waals surface area contributed by atoms with Crippen LogP contribution in [0.15, 0.2) is 24.3 Å². The highest BCUT2D eigenvalue weighted by atomic mass is 32.1. The number of carboxylic acids is 1. The molecule has 1 aromatic heterocycles. The summed E-state index contributed by atoms with van der Waals surface area (Å²) >= 11 is 1.72. The van der Waals surface area contributed by atoms with Gasteiger partial charge in [-0.3, -0.25) is 0 Å². The van der Waals surface area contributed by atoms with Crippen LogP contribution in [-0.2, 0) is 12.8 Å². The van der Waals surface area contributed by atoms with Gasteiger partial charge >= 0.3 is 5.97 Å². The zero-order valence-corrected chi connectivity index (χ0v) is 16.7. The third-order valence-electron chi connectivity index (χ3n) is 6.03. The summed E-state index contributed by atoms with van der Waals surface area (Å²) < 4.78 is 0. The lowest BCUT2D eigenvalue weighted by Crippen LogP contribution is -2.22. The number of carbonyl (C=O) groups is 1. The highest BCUT2D eigenvalue weighted by molar-refractivity contribution is 7.16. The van der Waals surface area contributed by atoms with Gasteiger partial charge in [0.15, 0.2) is 0 Å². The molecule has 2 aliphatic rings. The summed E-state index contributed by atoms with van der Waals surface area (Å²) in [4.78, 5) is 16.8. The normalized spacial score (nSPS) is 22.3. The Kier molecular flexibility index (Phi) is 4.44. The van der Waals surface area contributed by atoms with Crippen molar-refractivity contribution in [2.45, 2.75) is 45.4 Å². The van der Waals surface area contributed by atoms with E-state index in [0.29, 0.717) is 11.5 Å². The Hall–Kier alpha value is -1.65. The first kappa shape index (κ1) is 17.7. The van der Waals surface area contributed by atoms with Gasteiger partial charge in [-0.2, -0.15) is 0 Å². The Balaban J connectivity index is 1.85. The Morgan fingerprint density at radius 2 is 2.08 bits per heavy atom. The van der Waals surface area contributed by atoms with Gasteiger partial charge in [0.25, 0.3) is 0 Å². The number of hydrogen-bond acceptors (Lipinski definition) is 3. The summed E-state index contributed by atoms with van der Waals surface area (Å²) in [5, 5.41) is 10.0. The standard InChI is InChI=1S/C22H27NO2S/c1-22(2)10-8-18-17(12-22)19(21(24)25)20(26-18)16-7-5-4-6-15(16)14-9-11-23(3)13-14/h4-7,14H,8-13H2,1-3H3,(H,24,25)/t14-/m0/s1. The quantitative estimate of drug-likeness (QED) is 0.823. The van der Waals surface area contributed by atoms with Crippen molar-refractivity contribution in [3.8, 4) is 10.4 Å². The second kappa shape index (κ2) is 6.50. The minimum Gasteiger partial charge on any atom is -0.478 e. The van der Waals surface area contributed by atoms with Crippen molar-refractivity contribution in [3.63, 3.8) is 0 Å². The molecule has 1 aliphatic heterocycles. The molecule has 0 saturated carbocycles. The summed E-state index contributed by atoms with van der Waals surface area (Å²) in [7, 11) is 2.16. The maximum Gasteiger partial charge on any atom is 0.337 e. The first-order chi connectivity index (χ1) is 12.4. The van der Waals surface area contributed by atoms with Crippen LogP contribution in [0.1, 0.15) is 59.0 Å². The minimum absolute atomic E-state index is 0.184. The summed E-state index contributed by atoms with van der Waals surface area (Å²) in [6.07, 6.45) is 4.15. The molecule has 0 spiro atoms. The van der Waals surface area contributed by atoms with Crippen LogP contribution in [0.4, 0.5) is 0 Å². The van der Waals surface area contributed by atoms with Gasteiger partial charge in [-0.1, -0.05) is 38.1 Å². The zero-order valence-electron chi connectivity index (χ0n) is 15.8. The number of thiophene rings is 1. The van der Waals surface area contributed by atoms with Crippen molar-refractivity contribution < 1.29 is 9.90 Å². The van der Waals surface area contributed by atoms with Crippen molar-refractivity contribution in [1.82, 2.24) is 4.90 Å². The third-order valence-corrected chi connectivity index (χ3v) is 7.35. The Morgan fingerprint density at radius 3 is 2.77 bits per heavy atom. The van der Waals surface area contributed by atoms with Gasteiger partial charge in [-0.05, 0) is 67.3 Å². The van der Waals surface area contributed by atoms with E-state index in [1.54, 1.807) is 11.3 Å². The number of likely N-dealkylation sites (N-methyl/N-ethyl adjacent to an activating group) is 1. The molecule has 1 aromatic carbocycles. The van der Waals surface area contributed by atoms with Gasteiger partial charge in [0.1, 0.15) is 0 Å². The van der Waals surface area contributed by atoms with Crippen LogP contribution in [-0.4, -0.2) is 36.1 Å². The van der Waals surface area contributed by atoms with Crippen molar-refractivity contribution in [2.24, 2.45) is 5.41 Å². The minimum atomic E-state index is -0.770. The topological polar surface area (TPSA) is 40.5 Å². The van der Waals surface area contributed by atoms with E-state index in [0.717, 1.165) is 54.8 Å². The predicted molar refractivity (Wildman–Crippen MR) is 107 cm³/mol. The number of aromatic carboxylic acids is 1. The van der Waals surface area contributed by atoms with E-state index in [-0.39, 0.29) is 5.41 Å². The summed E-state index contributed by atoms with van der Waals surface area (Å²) in [5.41, 5.74) is 4.30. The molecule has 1 aliphatic carbocycles. The van der Waals surface area contributed by atoms with E-state index >= 15 is 0 Å². The van der Waals surface area contributed by atoms with E-state index in [1.165, 1.54) is 10.4 Å². The Morgan fingerprint density at radius 1 is 1.31 bits per heavy atom. The van der Waals surface area contributed by atoms with Crippen LogP contribution in [0, 0.1) is 5.41 Å². The molecule has 138 valence electrons. The molecular weight excluding hydrogens is 342 g/mol. The second-order valence-electron chi connectivity index (χ2n) is 8.69. The predicted octanol–water partition coefficient (Wildman–Crippen LogP) is 5.05. The molecule has 0 bridgehead atoms. The largest absolute Gasteiger partial charge is 0.478 e. The molecule has 1 atom stereocenters.